The molecule has 72 valence electrons. The van der Waals surface area contributed by atoms with Gasteiger partial charge in [-0.25, -0.2) is 0 Å². The largest absolute Gasteiger partial charge is 0.389 e. The van der Waals surface area contributed by atoms with Crippen LogP contribution < -0.4 is 0 Å². The number of benzene rings is 1. The second kappa shape index (κ2) is 5.96. The quantitative estimate of drug-likeness (QED) is 0.511. The first-order valence-corrected chi connectivity index (χ1v) is 3.60. The average molecular weight is 185 g/mol. The van der Waals surface area contributed by atoms with Gasteiger partial charge in [-0.15, -0.1) is 10.1 Å². The summed E-state index contributed by atoms with van der Waals surface area (Å²) in [6, 6.07) is 9.59. The lowest BCUT2D eigenvalue weighted by Gasteiger charge is -2.00. The minimum absolute atomic E-state index is 0.341. The van der Waals surface area contributed by atoms with Crippen LogP contribution in [-0.4, -0.2) is 15.4 Å². The molecular formula is C8H11NO4. The molecule has 0 fully saturated rings. The minimum Gasteiger partial charge on any atom is -0.389 e. The van der Waals surface area contributed by atoms with Crippen molar-refractivity contribution in [1.29, 1.82) is 0 Å². The maximum atomic E-state index is 9.02. The van der Waals surface area contributed by atoms with Gasteiger partial charge >= 0.3 is 0 Å². The van der Waals surface area contributed by atoms with Gasteiger partial charge in [0.1, 0.15) is 0 Å². The summed E-state index contributed by atoms with van der Waals surface area (Å²) in [6.07, 6.45) is -0.341. The van der Waals surface area contributed by atoms with Crippen molar-refractivity contribution in [2.24, 2.45) is 0 Å². The molecule has 0 aliphatic heterocycles. The molecule has 0 saturated heterocycles. The summed E-state index contributed by atoms with van der Waals surface area (Å²) in [7, 11) is 0. The van der Waals surface area contributed by atoms with Crippen LogP contribution in [0.25, 0.3) is 0 Å². The Kier molecular flexibility index (Phi) is 5.22. The highest BCUT2D eigenvalue weighted by Gasteiger charge is 1.95. The molecule has 0 aromatic heterocycles. The Morgan fingerprint density at radius 3 is 2.00 bits per heavy atom. The second-order valence-corrected chi connectivity index (χ2v) is 2.32. The summed E-state index contributed by atoms with van der Waals surface area (Å²) in [5, 5.41) is 22.7. The molecule has 0 aliphatic carbocycles. The van der Waals surface area contributed by atoms with E-state index >= 15 is 0 Å². The molecule has 2 N–H and O–H groups in total. The highest BCUT2D eigenvalue weighted by atomic mass is 16.9. The SMILES string of the molecule is CC(O)c1ccccc1.O=[N+]([O-])O. The lowest BCUT2D eigenvalue weighted by molar-refractivity contribution is -0.742. The van der Waals surface area contributed by atoms with Crippen molar-refractivity contribution in [1.82, 2.24) is 0 Å². The van der Waals surface area contributed by atoms with Gasteiger partial charge in [-0.2, -0.15) is 0 Å². The fourth-order valence-corrected chi connectivity index (χ4v) is 0.732. The third kappa shape index (κ3) is 6.77. The molecule has 1 aromatic rings. The van der Waals surface area contributed by atoms with Crippen LogP contribution in [0, 0.1) is 10.1 Å². The molecule has 0 spiro atoms. The molecule has 1 unspecified atom stereocenters. The van der Waals surface area contributed by atoms with Crippen LogP contribution in [0.5, 0.6) is 0 Å². The monoisotopic (exact) mass is 185 g/mol. The Balaban J connectivity index is 0.000000310. The highest BCUT2D eigenvalue weighted by molar-refractivity contribution is 5.16. The average Bonchev–Trinajstić information content (AvgIpc) is 2.05. The zero-order valence-corrected chi connectivity index (χ0v) is 7.12. The summed E-state index contributed by atoms with van der Waals surface area (Å²) in [5.74, 6) is 0. The van der Waals surface area contributed by atoms with E-state index in [0.717, 1.165) is 5.56 Å². The van der Waals surface area contributed by atoms with Crippen molar-refractivity contribution in [2.45, 2.75) is 13.0 Å². The maximum absolute atomic E-state index is 9.02. The van der Waals surface area contributed by atoms with Gasteiger partial charge in [0.15, 0.2) is 0 Å². The predicted octanol–water partition coefficient (Wildman–Crippen LogP) is 1.39. The highest BCUT2D eigenvalue weighted by Crippen LogP contribution is 2.08. The van der Waals surface area contributed by atoms with Crippen molar-refractivity contribution < 1.29 is 15.4 Å². The first-order valence-electron chi connectivity index (χ1n) is 3.60. The molecule has 0 radical (unpaired) electrons. The molecule has 13 heavy (non-hydrogen) atoms. The molecule has 1 rings (SSSR count). The fraction of sp³-hybridized carbons (Fsp3) is 0.250. The van der Waals surface area contributed by atoms with Crippen molar-refractivity contribution in [3.63, 3.8) is 0 Å². The van der Waals surface area contributed by atoms with Crippen molar-refractivity contribution in [2.75, 3.05) is 0 Å². The molecule has 5 nitrogen and oxygen atoms in total. The van der Waals surface area contributed by atoms with Gasteiger partial charge in [-0.05, 0) is 12.5 Å². The standard InChI is InChI=1S/C8H10O.HNO3/c1-7(9)8-5-3-2-4-6-8;2-1(3)4/h2-7,9H,1H3;(H,2,3,4). The van der Waals surface area contributed by atoms with Crippen molar-refractivity contribution in [3.05, 3.63) is 46.0 Å². The summed E-state index contributed by atoms with van der Waals surface area (Å²) in [6.45, 7) is 1.76. The molecule has 1 atom stereocenters. The van der Waals surface area contributed by atoms with Gasteiger partial charge < -0.3 is 10.3 Å². The van der Waals surface area contributed by atoms with Crippen LogP contribution in [0.2, 0.25) is 0 Å². The molecule has 0 saturated carbocycles. The minimum atomic E-state index is -1.50. The topological polar surface area (TPSA) is 83.6 Å². The van der Waals surface area contributed by atoms with Gasteiger partial charge in [0, 0.05) is 0 Å². The number of rotatable bonds is 1. The Morgan fingerprint density at radius 2 is 1.77 bits per heavy atom. The van der Waals surface area contributed by atoms with E-state index in [4.69, 9.17) is 20.4 Å². The fourth-order valence-electron chi connectivity index (χ4n) is 0.732. The van der Waals surface area contributed by atoms with Gasteiger partial charge in [-0.3, -0.25) is 0 Å². The lowest BCUT2D eigenvalue weighted by Crippen LogP contribution is -1.87. The van der Waals surface area contributed by atoms with Crippen LogP contribution in [0.3, 0.4) is 0 Å². The zero-order valence-electron chi connectivity index (χ0n) is 7.12. The van der Waals surface area contributed by atoms with E-state index < -0.39 is 5.09 Å². The molecule has 1 aromatic carbocycles. The smallest absolute Gasteiger partial charge is 0.291 e. The molecule has 0 heterocycles. The van der Waals surface area contributed by atoms with Gasteiger partial charge in [0.05, 0.1) is 6.10 Å². The first kappa shape index (κ1) is 11.4. The van der Waals surface area contributed by atoms with E-state index in [-0.39, 0.29) is 6.10 Å². The van der Waals surface area contributed by atoms with E-state index in [0.29, 0.717) is 0 Å². The zero-order chi connectivity index (χ0) is 10.3. The van der Waals surface area contributed by atoms with E-state index in [1.165, 1.54) is 0 Å². The number of aliphatic hydroxyl groups excluding tert-OH is 1. The Hall–Kier alpha value is -1.62. The van der Waals surface area contributed by atoms with Crippen LogP contribution >= 0.6 is 0 Å². The van der Waals surface area contributed by atoms with Crippen LogP contribution in [0.1, 0.15) is 18.6 Å². The molecule has 0 bridgehead atoms. The molecule has 5 heteroatoms. The first-order chi connectivity index (χ1) is 6.04. The number of hydrogen-bond acceptors (Lipinski definition) is 3. The van der Waals surface area contributed by atoms with Crippen molar-refractivity contribution in [3.8, 4) is 0 Å². The summed E-state index contributed by atoms with van der Waals surface area (Å²) >= 11 is 0. The predicted molar refractivity (Wildman–Crippen MR) is 45.9 cm³/mol. The van der Waals surface area contributed by atoms with E-state index in [2.05, 4.69) is 0 Å². The van der Waals surface area contributed by atoms with E-state index in [9.17, 15) is 0 Å². The molecule has 0 aliphatic rings. The number of nitrogens with zero attached hydrogens (tertiary/aromatic N) is 1. The van der Waals surface area contributed by atoms with Crippen LogP contribution in [0.15, 0.2) is 30.3 Å². The molecule has 0 amide bonds. The van der Waals surface area contributed by atoms with Gasteiger partial charge in [0.2, 0.25) is 0 Å². The summed E-state index contributed by atoms with van der Waals surface area (Å²) in [5.41, 5.74) is 0.970. The van der Waals surface area contributed by atoms with E-state index in [1.807, 2.05) is 30.3 Å². The summed E-state index contributed by atoms with van der Waals surface area (Å²) in [4.78, 5) is 8.36. The van der Waals surface area contributed by atoms with Crippen LogP contribution in [0.4, 0.5) is 0 Å². The third-order valence-electron chi connectivity index (χ3n) is 1.28. The van der Waals surface area contributed by atoms with Gasteiger partial charge in [-0.1, -0.05) is 30.3 Å². The Labute approximate surface area is 75.4 Å². The van der Waals surface area contributed by atoms with Crippen molar-refractivity contribution >= 4 is 0 Å². The third-order valence-corrected chi connectivity index (χ3v) is 1.28. The van der Waals surface area contributed by atoms with Crippen LogP contribution in [-0.2, 0) is 0 Å². The maximum Gasteiger partial charge on any atom is 0.291 e. The second-order valence-electron chi connectivity index (χ2n) is 2.32. The number of hydrogen-bond donors (Lipinski definition) is 2. The Bertz CT molecular complexity index is 244. The molecular weight excluding hydrogens is 174 g/mol. The van der Waals surface area contributed by atoms with E-state index in [1.54, 1.807) is 6.92 Å². The summed E-state index contributed by atoms with van der Waals surface area (Å²) < 4.78 is 0. The number of aliphatic hydroxyl groups is 1. The Morgan fingerprint density at radius 1 is 1.38 bits per heavy atom. The van der Waals surface area contributed by atoms with Gasteiger partial charge in [0.25, 0.3) is 5.09 Å². The lowest BCUT2D eigenvalue weighted by atomic mass is 10.1. The normalized spacial score (nSPS) is 10.9.